The third kappa shape index (κ3) is 5.87. The Morgan fingerprint density at radius 2 is 2.00 bits per heavy atom. The molecule has 1 saturated heterocycles. The summed E-state index contributed by atoms with van der Waals surface area (Å²) in [5, 5.41) is 6.44. The summed E-state index contributed by atoms with van der Waals surface area (Å²) in [7, 11) is 0. The SMILES string of the molecule is CC(C)CNC(=O)CCC1CCN(c2cc(NC3CC3)ncn2)CC1. The molecule has 1 amide bonds. The van der Waals surface area contributed by atoms with E-state index < -0.39 is 0 Å². The molecule has 3 rings (SSSR count). The van der Waals surface area contributed by atoms with Crippen LogP contribution in [-0.2, 0) is 4.79 Å². The predicted octanol–water partition coefficient (Wildman–Crippen LogP) is 2.82. The fraction of sp³-hybridized carbons (Fsp3) is 0.737. The highest BCUT2D eigenvalue weighted by Gasteiger charge is 2.23. The lowest BCUT2D eigenvalue weighted by Gasteiger charge is -2.32. The normalized spacial score (nSPS) is 18.4. The molecule has 1 saturated carbocycles. The number of anilines is 2. The first-order valence-electron chi connectivity index (χ1n) is 9.70. The Balaban J connectivity index is 1.40. The lowest BCUT2D eigenvalue weighted by atomic mass is 9.92. The standard InChI is InChI=1S/C19H31N5O/c1-14(2)12-20-19(25)6-3-15-7-9-24(10-8-15)18-11-17(21-13-22-18)23-16-4-5-16/h11,13-16H,3-10,12H2,1-2H3,(H,20,25)(H,21,22,23). The predicted molar refractivity (Wildman–Crippen MR) is 101 cm³/mol. The molecule has 2 aliphatic rings. The Kier molecular flexibility index (Phi) is 6.10. The average molecular weight is 345 g/mol. The summed E-state index contributed by atoms with van der Waals surface area (Å²) in [5.74, 6) is 3.32. The second-order valence-electron chi connectivity index (χ2n) is 7.85. The molecule has 0 radical (unpaired) electrons. The minimum atomic E-state index is 0.197. The quantitative estimate of drug-likeness (QED) is 0.758. The van der Waals surface area contributed by atoms with Crippen molar-refractivity contribution >= 4 is 17.5 Å². The molecule has 0 atom stereocenters. The van der Waals surface area contributed by atoms with Crippen molar-refractivity contribution in [1.29, 1.82) is 0 Å². The molecule has 0 spiro atoms. The second kappa shape index (κ2) is 8.50. The van der Waals surface area contributed by atoms with Crippen LogP contribution in [-0.4, -0.2) is 41.6 Å². The number of carbonyl (C=O) groups excluding carboxylic acids is 1. The molecule has 6 nitrogen and oxygen atoms in total. The first kappa shape index (κ1) is 18.0. The van der Waals surface area contributed by atoms with Gasteiger partial charge in [0.05, 0.1) is 0 Å². The van der Waals surface area contributed by atoms with Crippen LogP contribution >= 0.6 is 0 Å². The van der Waals surface area contributed by atoms with Crippen LogP contribution in [0.5, 0.6) is 0 Å². The summed E-state index contributed by atoms with van der Waals surface area (Å²) in [5.41, 5.74) is 0. The molecule has 0 bridgehead atoms. The van der Waals surface area contributed by atoms with Crippen molar-refractivity contribution in [3.8, 4) is 0 Å². The van der Waals surface area contributed by atoms with Gasteiger partial charge in [0.2, 0.25) is 5.91 Å². The number of hydrogen-bond acceptors (Lipinski definition) is 5. The largest absolute Gasteiger partial charge is 0.367 e. The van der Waals surface area contributed by atoms with Crippen LogP contribution < -0.4 is 15.5 Å². The lowest BCUT2D eigenvalue weighted by molar-refractivity contribution is -0.121. The Morgan fingerprint density at radius 1 is 1.24 bits per heavy atom. The van der Waals surface area contributed by atoms with Crippen LogP contribution in [0.4, 0.5) is 11.6 Å². The van der Waals surface area contributed by atoms with Crippen molar-refractivity contribution in [3.63, 3.8) is 0 Å². The Hall–Kier alpha value is -1.85. The molecule has 1 aromatic heterocycles. The van der Waals surface area contributed by atoms with Crippen LogP contribution in [0.25, 0.3) is 0 Å². The molecule has 1 aromatic rings. The first-order valence-corrected chi connectivity index (χ1v) is 9.70. The monoisotopic (exact) mass is 345 g/mol. The summed E-state index contributed by atoms with van der Waals surface area (Å²) in [6, 6.07) is 2.67. The van der Waals surface area contributed by atoms with Crippen molar-refractivity contribution in [2.24, 2.45) is 11.8 Å². The summed E-state index contributed by atoms with van der Waals surface area (Å²) in [4.78, 5) is 23.0. The van der Waals surface area contributed by atoms with Gasteiger partial charge in [0.1, 0.15) is 18.0 Å². The van der Waals surface area contributed by atoms with E-state index in [-0.39, 0.29) is 5.91 Å². The molecule has 0 unspecified atom stereocenters. The van der Waals surface area contributed by atoms with Gasteiger partial charge in [-0.25, -0.2) is 9.97 Å². The maximum Gasteiger partial charge on any atom is 0.220 e. The molecule has 2 heterocycles. The minimum absolute atomic E-state index is 0.197. The topological polar surface area (TPSA) is 70.2 Å². The molecular weight excluding hydrogens is 314 g/mol. The molecule has 6 heteroatoms. The third-order valence-electron chi connectivity index (χ3n) is 5.01. The fourth-order valence-corrected chi connectivity index (χ4v) is 3.23. The highest BCUT2D eigenvalue weighted by molar-refractivity contribution is 5.75. The molecular formula is C19H31N5O. The van der Waals surface area contributed by atoms with Gasteiger partial charge in [-0.1, -0.05) is 13.8 Å². The summed E-state index contributed by atoms with van der Waals surface area (Å²) < 4.78 is 0. The van der Waals surface area contributed by atoms with E-state index in [1.807, 2.05) is 0 Å². The lowest BCUT2D eigenvalue weighted by Crippen LogP contribution is -2.35. The molecule has 2 fully saturated rings. The van der Waals surface area contributed by atoms with Crippen molar-refractivity contribution in [2.45, 2.75) is 58.4 Å². The zero-order valence-corrected chi connectivity index (χ0v) is 15.5. The van der Waals surface area contributed by atoms with E-state index in [2.05, 4.69) is 45.4 Å². The van der Waals surface area contributed by atoms with E-state index in [1.165, 1.54) is 12.8 Å². The number of nitrogens with one attached hydrogen (secondary N) is 2. The zero-order valence-electron chi connectivity index (χ0n) is 15.5. The van der Waals surface area contributed by atoms with Crippen LogP contribution in [0.3, 0.4) is 0 Å². The molecule has 1 aliphatic carbocycles. The summed E-state index contributed by atoms with van der Waals surface area (Å²) >= 11 is 0. The van der Waals surface area contributed by atoms with Crippen molar-refractivity contribution in [3.05, 3.63) is 12.4 Å². The number of piperidine rings is 1. The number of carbonyl (C=O) groups is 1. The molecule has 25 heavy (non-hydrogen) atoms. The Bertz CT molecular complexity index is 565. The highest BCUT2D eigenvalue weighted by atomic mass is 16.1. The number of aromatic nitrogens is 2. The van der Waals surface area contributed by atoms with Crippen LogP contribution in [0.2, 0.25) is 0 Å². The molecule has 2 N–H and O–H groups in total. The van der Waals surface area contributed by atoms with Crippen LogP contribution in [0, 0.1) is 11.8 Å². The first-order chi connectivity index (χ1) is 12.1. The van der Waals surface area contributed by atoms with Crippen LogP contribution in [0.15, 0.2) is 12.4 Å². The van der Waals surface area contributed by atoms with Gasteiger partial charge in [0.25, 0.3) is 0 Å². The van der Waals surface area contributed by atoms with Gasteiger partial charge in [0, 0.05) is 38.2 Å². The Morgan fingerprint density at radius 3 is 2.68 bits per heavy atom. The molecule has 1 aliphatic heterocycles. The maximum absolute atomic E-state index is 11.9. The van der Waals surface area contributed by atoms with Gasteiger partial charge in [-0.2, -0.15) is 0 Å². The van der Waals surface area contributed by atoms with E-state index in [0.29, 0.717) is 24.3 Å². The van der Waals surface area contributed by atoms with Crippen molar-refractivity contribution in [2.75, 3.05) is 29.9 Å². The van der Waals surface area contributed by atoms with Gasteiger partial charge < -0.3 is 15.5 Å². The average Bonchev–Trinajstić information content (AvgIpc) is 3.43. The summed E-state index contributed by atoms with van der Waals surface area (Å²) in [6.07, 6.45) is 8.06. The number of hydrogen-bond donors (Lipinski definition) is 2. The summed E-state index contributed by atoms with van der Waals surface area (Å²) in [6.45, 7) is 7.04. The van der Waals surface area contributed by atoms with E-state index in [1.54, 1.807) is 6.33 Å². The van der Waals surface area contributed by atoms with Gasteiger partial charge >= 0.3 is 0 Å². The smallest absolute Gasteiger partial charge is 0.220 e. The number of nitrogens with zero attached hydrogens (tertiary/aromatic N) is 3. The van der Waals surface area contributed by atoms with Gasteiger partial charge in [-0.3, -0.25) is 4.79 Å². The third-order valence-corrected chi connectivity index (χ3v) is 5.01. The van der Waals surface area contributed by atoms with Crippen molar-refractivity contribution in [1.82, 2.24) is 15.3 Å². The minimum Gasteiger partial charge on any atom is -0.367 e. The highest BCUT2D eigenvalue weighted by Crippen LogP contribution is 2.27. The van der Waals surface area contributed by atoms with Gasteiger partial charge in [-0.15, -0.1) is 0 Å². The van der Waals surface area contributed by atoms with E-state index in [0.717, 1.165) is 50.5 Å². The van der Waals surface area contributed by atoms with E-state index in [4.69, 9.17) is 0 Å². The fourth-order valence-electron chi connectivity index (χ4n) is 3.23. The van der Waals surface area contributed by atoms with Gasteiger partial charge in [0.15, 0.2) is 0 Å². The second-order valence-corrected chi connectivity index (χ2v) is 7.85. The van der Waals surface area contributed by atoms with Gasteiger partial charge in [-0.05, 0) is 43.9 Å². The van der Waals surface area contributed by atoms with E-state index in [9.17, 15) is 4.79 Å². The zero-order chi connectivity index (χ0) is 17.6. The van der Waals surface area contributed by atoms with Crippen molar-refractivity contribution < 1.29 is 4.79 Å². The van der Waals surface area contributed by atoms with Crippen LogP contribution in [0.1, 0.15) is 52.4 Å². The van der Waals surface area contributed by atoms with E-state index >= 15 is 0 Å². The maximum atomic E-state index is 11.9. The number of rotatable bonds is 8. The molecule has 0 aromatic carbocycles. The number of amides is 1. The Labute approximate surface area is 150 Å². The molecule has 138 valence electrons.